The van der Waals surface area contributed by atoms with E-state index in [1.807, 2.05) is 36.4 Å². The Bertz CT molecular complexity index is 1360. The summed E-state index contributed by atoms with van der Waals surface area (Å²) in [6.07, 6.45) is 0.576. The van der Waals surface area contributed by atoms with Crippen LogP contribution in [-0.4, -0.2) is 43.8 Å². The average molecular weight is 552 g/mol. The van der Waals surface area contributed by atoms with Crippen LogP contribution in [0.1, 0.15) is 22.3 Å². The van der Waals surface area contributed by atoms with Crippen LogP contribution in [0.25, 0.3) is 5.57 Å². The number of amides is 1. The molecule has 1 unspecified atom stereocenters. The second-order valence-corrected chi connectivity index (χ2v) is 9.37. The van der Waals surface area contributed by atoms with Gasteiger partial charge in [-0.25, -0.2) is 0 Å². The van der Waals surface area contributed by atoms with Gasteiger partial charge < -0.3 is 29.0 Å². The van der Waals surface area contributed by atoms with E-state index in [0.29, 0.717) is 63.8 Å². The Morgan fingerprint density at radius 2 is 1.58 bits per heavy atom. The summed E-state index contributed by atoms with van der Waals surface area (Å²) < 4.78 is 22.8. The molecule has 3 aromatic rings. The van der Waals surface area contributed by atoms with E-state index in [2.05, 4.69) is 15.9 Å². The van der Waals surface area contributed by atoms with Crippen molar-refractivity contribution in [2.45, 2.75) is 18.8 Å². The number of carbonyl (C=O) groups excluding carboxylic acids is 1. The third-order valence-electron chi connectivity index (χ3n) is 6.65. The summed E-state index contributed by atoms with van der Waals surface area (Å²) >= 11 is 3.58. The summed E-state index contributed by atoms with van der Waals surface area (Å²) in [6.45, 7) is 0.739. The van der Waals surface area contributed by atoms with Gasteiger partial charge in [0.05, 0.1) is 31.4 Å². The molecule has 0 aromatic heterocycles. The van der Waals surface area contributed by atoms with Crippen molar-refractivity contribution in [3.8, 4) is 23.0 Å². The van der Waals surface area contributed by atoms with Crippen LogP contribution in [0.5, 0.6) is 23.0 Å². The Labute approximate surface area is 218 Å². The molecule has 7 nitrogen and oxygen atoms in total. The van der Waals surface area contributed by atoms with Crippen molar-refractivity contribution in [2.24, 2.45) is 0 Å². The lowest BCUT2D eigenvalue weighted by Gasteiger charge is -2.40. The number of nitrogens with zero attached hydrogens (tertiary/aromatic N) is 1. The summed E-state index contributed by atoms with van der Waals surface area (Å²) in [7, 11) is 4.67. The minimum Gasteiger partial charge on any atom is -0.493 e. The van der Waals surface area contributed by atoms with Crippen molar-refractivity contribution in [3.63, 3.8) is 0 Å². The Balaban J connectivity index is 1.53. The van der Waals surface area contributed by atoms with Crippen LogP contribution >= 0.6 is 15.9 Å². The van der Waals surface area contributed by atoms with Gasteiger partial charge in [-0.15, -0.1) is 0 Å². The number of fused-ring (bicyclic) bond motifs is 3. The Morgan fingerprint density at radius 1 is 0.917 bits per heavy atom. The largest absolute Gasteiger partial charge is 0.493 e. The molecule has 1 atom stereocenters. The first-order chi connectivity index (χ1) is 17.4. The Kier molecular flexibility index (Phi) is 6.40. The fourth-order valence-electron chi connectivity index (χ4n) is 4.81. The van der Waals surface area contributed by atoms with E-state index in [-0.39, 0.29) is 5.91 Å². The van der Waals surface area contributed by atoms with Crippen molar-refractivity contribution in [1.29, 1.82) is 0 Å². The normalized spacial score (nSPS) is 18.6. The standard InChI is InChI=1S/C28H26BrNO6/c1-33-22-14-19(9-10-21(22)36-16-17-7-5-4-6-8-17)25-26(29)28(32)20-15-24(35-3)23(34-2)13-18(20)11-12-30(28)27(25)31/h4-10,13-15,32H,11-12,16H2,1-3H3. The van der Waals surface area contributed by atoms with Crippen LogP contribution in [0.15, 0.2) is 65.1 Å². The summed E-state index contributed by atoms with van der Waals surface area (Å²) in [6, 6.07) is 18.8. The predicted octanol–water partition coefficient (Wildman–Crippen LogP) is 4.64. The molecule has 0 fully saturated rings. The number of ether oxygens (including phenoxy) is 4. The van der Waals surface area contributed by atoms with Gasteiger partial charge >= 0.3 is 0 Å². The molecule has 0 saturated carbocycles. The predicted molar refractivity (Wildman–Crippen MR) is 138 cm³/mol. The summed E-state index contributed by atoms with van der Waals surface area (Å²) in [4.78, 5) is 15.1. The SMILES string of the molecule is COc1cc2c(cc1OC)C1(O)C(Br)=C(c3ccc(OCc4ccccc4)c(OC)c3)C(=O)N1CC2. The highest BCUT2D eigenvalue weighted by Crippen LogP contribution is 2.53. The molecule has 0 saturated heterocycles. The molecule has 2 heterocycles. The van der Waals surface area contributed by atoms with Crippen molar-refractivity contribution < 1.29 is 28.8 Å². The second kappa shape index (κ2) is 9.52. The smallest absolute Gasteiger partial charge is 0.258 e. The lowest BCUT2D eigenvalue weighted by Crippen LogP contribution is -2.49. The first-order valence-corrected chi connectivity index (χ1v) is 12.3. The van der Waals surface area contributed by atoms with Crippen LogP contribution in [-0.2, 0) is 23.5 Å². The zero-order chi connectivity index (χ0) is 25.4. The maximum atomic E-state index is 13.6. The molecule has 1 N–H and O–H groups in total. The zero-order valence-electron chi connectivity index (χ0n) is 20.2. The summed E-state index contributed by atoms with van der Waals surface area (Å²) in [5, 5.41) is 12.0. The van der Waals surface area contributed by atoms with E-state index in [0.717, 1.165) is 11.1 Å². The van der Waals surface area contributed by atoms with Crippen LogP contribution in [0.4, 0.5) is 0 Å². The van der Waals surface area contributed by atoms with Gasteiger partial charge in [0.25, 0.3) is 5.91 Å². The highest BCUT2D eigenvalue weighted by Gasteiger charge is 2.54. The zero-order valence-corrected chi connectivity index (χ0v) is 21.8. The van der Waals surface area contributed by atoms with Crippen molar-refractivity contribution in [2.75, 3.05) is 27.9 Å². The van der Waals surface area contributed by atoms with Gasteiger partial charge in [0.1, 0.15) is 6.61 Å². The highest BCUT2D eigenvalue weighted by atomic mass is 79.9. The number of hydrogen-bond acceptors (Lipinski definition) is 6. The van der Waals surface area contributed by atoms with Crippen LogP contribution in [0.3, 0.4) is 0 Å². The van der Waals surface area contributed by atoms with E-state index in [9.17, 15) is 9.90 Å². The molecule has 36 heavy (non-hydrogen) atoms. The number of aliphatic hydroxyl groups is 1. The first-order valence-electron chi connectivity index (χ1n) is 11.5. The number of carbonyl (C=O) groups is 1. The Morgan fingerprint density at radius 3 is 2.28 bits per heavy atom. The topological polar surface area (TPSA) is 77.5 Å². The monoisotopic (exact) mass is 551 g/mol. The molecule has 1 amide bonds. The molecule has 0 bridgehead atoms. The van der Waals surface area contributed by atoms with Gasteiger partial charge in [-0.3, -0.25) is 4.79 Å². The van der Waals surface area contributed by atoms with E-state index in [1.54, 1.807) is 45.6 Å². The van der Waals surface area contributed by atoms with E-state index >= 15 is 0 Å². The van der Waals surface area contributed by atoms with Crippen molar-refractivity contribution in [3.05, 3.63) is 87.4 Å². The average Bonchev–Trinajstić information content (AvgIpc) is 3.12. The minimum atomic E-state index is -1.66. The van der Waals surface area contributed by atoms with Crippen molar-refractivity contribution in [1.82, 2.24) is 4.90 Å². The molecule has 0 aliphatic carbocycles. The second-order valence-electron chi connectivity index (χ2n) is 8.57. The highest BCUT2D eigenvalue weighted by molar-refractivity contribution is 9.12. The van der Waals surface area contributed by atoms with Gasteiger partial charge in [-0.05, 0) is 63.3 Å². The summed E-state index contributed by atoms with van der Waals surface area (Å²) in [5.74, 6) is 1.84. The maximum absolute atomic E-state index is 13.6. The van der Waals surface area contributed by atoms with Crippen LogP contribution < -0.4 is 18.9 Å². The van der Waals surface area contributed by atoms with Crippen LogP contribution in [0.2, 0.25) is 0 Å². The molecule has 2 aliphatic rings. The van der Waals surface area contributed by atoms with Gasteiger partial charge in [0, 0.05) is 12.1 Å². The molecule has 2 aliphatic heterocycles. The first kappa shape index (κ1) is 24.2. The molecule has 0 radical (unpaired) electrons. The number of hydrogen-bond donors (Lipinski definition) is 1. The third kappa shape index (κ3) is 3.81. The number of methoxy groups -OCH3 is 3. The number of rotatable bonds is 7. The van der Waals surface area contributed by atoms with E-state index in [1.165, 1.54) is 4.90 Å². The number of benzene rings is 3. The fourth-order valence-corrected chi connectivity index (χ4v) is 5.63. The van der Waals surface area contributed by atoms with Gasteiger partial charge in [-0.1, -0.05) is 36.4 Å². The molecule has 3 aromatic carbocycles. The van der Waals surface area contributed by atoms with Gasteiger partial charge in [0.2, 0.25) is 5.72 Å². The van der Waals surface area contributed by atoms with Gasteiger partial charge in [-0.2, -0.15) is 0 Å². The third-order valence-corrected chi connectivity index (χ3v) is 7.60. The summed E-state index contributed by atoms with van der Waals surface area (Å²) in [5.41, 5.74) is 1.82. The molecule has 186 valence electrons. The van der Waals surface area contributed by atoms with Crippen molar-refractivity contribution >= 4 is 27.4 Å². The lowest BCUT2D eigenvalue weighted by molar-refractivity contribution is -0.144. The van der Waals surface area contributed by atoms with Crippen LogP contribution in [0, 0.1) is 0 Å². The van der Waals surface area contributed by atoms with Gasteiger partial charge in [0.15, 0.2) is 23.0 Å². The quantitative estimate of drug-likeness (QED) is 0.461. The molecule has 5 rings (SSSR count). The minimum absolute atomic E-state index is 0.273. The molecule has 8 heteroatoms. The van der Waals surface area contributed by atoms with E-state index < -0.39 is 5.72 Å². The maximum Gasteiger partial charge on any atom is 0.258 e. The Hall–Kier alpha value is -3.49. The fraction of sp³-hybridized carbons (Fsp3) is 0.250. The number of halogens is 1. The lowest BCUT2D eigenvalue weighted by atomic mass is 9.89. The van der Waals surface area contributed by atoms with E-state index in [4.69, 9.17) is 18.9 Å². The molecular weight excluding hydrogens is 526 g/mol. The molecular formula is C28H26BrNO6. The molecule has 0 spiro atoms.